The van der Waals surface area contributed by atoms with Crippen molar-refractivity contribution in [3.8, 4) is 5.75 Å². The van der Waals surface area contributed by atoms with Gasteiger partial charge in [-0.15, -0.1) is 0 Å². The summed E-state index contributed by atoms with van der Waals surface area (Å²) in [7, 11) is 1.59. The van der Waals surface area contributed by atoms with Crippen LogP contribution in [0.2, 0.25) is 0 Å². The maximum atomic E-state index is 13.4. The van der Waals surface area contributed by atoms with Crippen LogP contribution in [0.25, 0.3) is 11.0 Å². The maximum absolute atomic E-state index is 13.4. The number of anilines is 1. The van der Waals surface area contributed by atoms with Crippen LogP contribution in [0.5, 0.6) is 5.75 Å². The summed E-state index contributed by atoms with van der Waals surface area (Å²) in [4.78, 5) is 22.5. The summed E-state index contributed by atoms with van der Waals surface area (Å²) in [6, 6.07) is 17.3. The molecule has 1 atom stereocenters. The van der Waals surface area contributed by atoms with E-state index in [0.29, 0.717) is 17.9 Å². The van der Waals surface area contributed by atoms with Gasteiger partial charge < -0.3 is 14.6 Å². The van der Waals surface area contributed by atoms with Crippen molar-refractivity contribution in [1.29, 1.82) is 0 Å². The number of hydrogen-bond acceptors (Lipinski definition) is 5. The Balaban J connectivity index is 1.67. The summed E-state index contributed by atoms with van der Waals surface area (Å²) in [5, 5.41) is 3.83. The number of fused-ring (bicyclic) bond motifs is 1. The molecule has 2 aromatic carbocycles. The number of carbonyl (C=O) groups excluding carboxylic acids is 1. The van der Waals surface area contributed by atoms with Gasteiger partial charge in [0.15, 0.2) is 5.16 Å². The smallest absolute Gasteiger partial charge is 0.247 e. The molecule has 2 aromatic heterocycles. The third-order valence-corrected chi connectivity index (χ3v) is 6.30. The standard InChI is InChI=1S/C25H26N4O2S/c1-4-21(24(30)27-20-10-5-6-11-23(20)31-3)29-22-15-26-13-12-19(22)28-25(29)32-16-18-9-7-8-17(2)14-18/h5-15,21H,4,16H2,1-3H3,(H,27,30). The Bertz CT molecular complexity index is 1240. The molecule has 2 heterocycles. The van der Waals surface area contributed by atoms with E-state index in [9.17, 15) is 4.79 Å². The number of para-hydroxylation sites is 2. The van der Waals surface area contributed by atoms with Gasteiger partial charge in [0.1, 0.15) is 11.8 Å². The van der Waals surface area contributed by atoms with E-state index in [4.69, 9.17) is 9.72 Å². The number of thioether (sulfide) groups is 1. The predicted octanol–water partition coefficient (Wildman–Crippen LogP) is 5.63. The quantitative estimate of drug-likeness (QED) is 0.355. The van der Waals surface area contributed by atoms with E-state index >= 15 is 0 Å². The number of methoxy groups -OCH3 is 1. The van der Waals surface area contributed by atoms with Crippen LogP contribution in [0, 0.1) is 6.92 Å². The molecule has 4 aromatic rings. The van der Waals surface area contributed by atoms with Crippen molar-refractivity contribution in [1.82, 2.24) is 14.5 Å². The molecular formula is C25H26N4O2S. The Labute approximate surface area is 192 Å². The molecule has 0 saturated carbocycles. The number of amides is 1. The largest absolute Gasteiger partial charge is 0.495 e. The van der Waals surface area contributed by atoms with Crippen molar-refractivity contribution in [2.24, 2.45) is 0 Å². The highest BCUT2D eigenvalue weighted by molar-refractivity contribution is 7.98. The van der Waals surface area contributed by atoms with Crippen molar-refractivity contribution < 1.29 is 9.53 Å². The number of aromatic nitrogens is 3. The number of hydrogen-bond donors (Lipinski definition) is 1. The number of nitrogens with one attached hydrogen (secondary N) is 1. The average molecular weight is 447 g/mol. The van der Waals surface area contributed by atoms with Gasteiger partial charge in [-0.2, -0.15) is 0 Å². The van der Waals surface area contributed by atoms with Crippen LogP contribution in [0.1, 0.15) is 30.5 Å². The Morgan fingerprint density at radius 2 is 2.03 bits per heavy atom. The zero-order valence-corrected chi connectivity index (χ0v) is 19.2. The first-order valence-electron chi connectivity index (χ1n) is 10.5. The average Bonchev–Trinajstić information content (AvgIpc) is 3.17. The number of ether oxygens (including phenoxy) is 1. The van der Waals surface area contributed by atoms with Crippen molar-refractivity contribution in [2.45, 2.75) is 37.2 Å². The number of nitrogens with zero attached hydrogens (tertiary/aromatic N) is 3. The van der Waals surface area contributed by atoms with E-state index in [1.165, 1.54) is 11.1 Å². The molecule has 6 nitrogen and oxygen atoms in total. The highest BCUT2D eigenvalue weighted by atomic mass is 32.2. The number of imidazole rings is 1. The first-order valence-corrected chi connectivity index (χ1v) is 11.5. The zero-order chi connectivity index (χ0) is 22.5. The Hall–Kier alpha value is -3.32. The number of benzene rings is 2. The van der Waals surface area contributed by atoms with Gasteiger partial charge in [0, 0.05) is 11.9 Å². The molecule has 1 unspecified atom stereocenters. The molecule has 1 amide bonds. The minimum atomic E-state index is -0.436. The Kier molecular flexibility index (Phi) is 6.75. The summed E-state index contributed by atoms with van der Waals surface area (Å²) >= 11 is 1.63. The normalized spacial score (nSPS) is 12.0. The van der Waals surface area contributed by atoms with Crippen molar-refractivity contribution in [3.63, 3.8) is 0 Å². The zero-order valence-electron chi connectivity index (χ0n) is 18.4. The van der Waals surface area contributed by atoms with Gasteiger partial charge in [-0.05, 0) is 37.1 Å². The van der Waals surface area contributed by atoms with Crippen LogP contribution in [0.15, 0.2) is 72.1 Å². The fourth-order valence-electron chi connectivity index (χ4n) is 3.72. The van der Waals surface area contributed by atoms with Gasteiger partial charge in [-0.25, -0.2) is 4.98 Å². The third-order valence-electron chi connectivity index (χ3n) is 5.28. The molecule has 4 rings (SSSR count). The summed E-state index contributed by atoms with van der Waals surface area (Å²) < 4.78 is 7.40. The Morgan fingerprint density at radius 3 is 2.81 bits per heavy atom. The van der Waals surface area contributed by atoms with Crippen LogP contribution in [-0.4, -0.2) is 27.6 Å². The van der Waals surface area contributed by atoms with E-state index in [1.54, 1.807) is 31.3 Å². The Morgan fingerprint density at radius 1 is 1.19 bits per heavy atom. The third kappa shape index (κ3) is 4.62. The fraction of sp³-hybridized carbons (Fsp3) is 0.240. The van der Waals surface area contributed by atoms with Crippen LogP contribution in [-0.2, 0) is 10.5 Å². The topological polar surface area (TPSA) is 69.0 Å². The molecule has 1 N–H and O–H groups in total. The molecule has 0 bridgehead atoms. The fourth-order valence-corrected chi connectivity index (χ4v) is 4.72. The number of aryl methyl sites for hydroxylation is 1. The first-order chi connectivity index (χ1) is 15.6. The minimum Gasteiger partial charge on any atom is -0.495 e. The molecule has 7 heteroatoms. The highest BCUT2D eigenvalue weighted by Gasteiger charge is 2.25. The molecule has 0 radical (unpaired) electrons. The van der Waals surface area contributed by atoms with E-state index in [1.807, 2.05) is 41.8 Å². The highest BCUT2D eigenvalue weighted by Crippen LogP contribution is 2.32. The second-order valence-electron chi connectivity index (χ2n) is 7.52. The molecular weight excluding hydrogens is 420 g/mol. The lowest BCUT2D eigenvalue weighted by Gasteiger charge is -2.20. The summed E-state index contributed by atoms with van der Waals surface area (Å²) in [5.41, 5.74) is 4.77. The molecule has 164 valence electrons. The second kappa shape index (κ2) is 9.87. The van der Waals surface area contributed by atoms with E-state index in [0.717, 1.165) is 21.9 Å². The lowest BCUT2D eigenvalue weighted by molar-refractivity contribution is -0.119. The molecule has 0 fully saturated rings. The number of pyridine rings is 1. The number of carbonyl (C=O) groups is 1. The SMILES string of the molecule is CCC(C(=O)Nc1ccccc1OC)n1c(SCc2cccc(C)c2)nc2ccncc21. The van der Waals surface area contributed by atoms with Gasteiger partial charge >= 0.3 is 0 Å². The number of rotatable bonds is 8. The van der Waals surface area contributed by atoms with Gasteiger partial charge in [0.05, 0.1) is 30.0 Å². The molecule has 0 aliphatic carbocycles. The predicted molar refractivity (Wildman–Crippen MR) is 129 cm³/mol. The van der Waals surface area contributed by atoms with E-state index in [-0.39, 0.29) is 5.91 Å². The molecule has 0 aliphatic heterocycles. The van der Waals surface area contributed by atoms with Gasteiger partial charge in [0.2, 0.25) is 5.91 Å². The van der Waals surface area contributed by atoms with Gasteiger partial charge in [0.25, 0.3) is 0 Å². The molecule has 32 heavy (non-hydrogen) atoms. The van der Waals surface area contributed by atoms with Crippen molar-refractivity contribution >= 4 is 34.4 Å². The summed E-state index contributed by atoms with van der Waals surface area (Å²) in [5.74, 6) is 1.28. The van der Waals surface area contributed by atoms with E-state index in [2.05, 4.69) is 41.5 Å². The van der Waals surface area contributed by atoms with Crippen molar-refractivity contribution in [2.75, 3.05) is 12.4 Å². The van der Waals surface area contributed by atoms with E-state index < -0.39 is 6.04 Å². The van der Waals surface area contributed by atoms with Crippen LogP contribution < -0.4 is 10.1 Å². The van der Waals surface area contributed by atoms with Crippen molar-refractivity contribution in [3.05, 3.63) is 78.1 Å². The monoisotopic (exact) mass is 446 g/mol. The van der Waals surface area contributed by atoms with Crippen LogP contribution in [0.4, 0.5) is 5.69 Å². The second-order valence-corrected chi connectivity index (χ2v) is 8.46. The van der Waals surface area contributed by atoms with Gasteiger partial charge in [-0.1, -0.05) is 60.6 Å². The summed E-state index contributed by atoms with van der Waals surface area (Å²) in [6.07, 6.45) is 4.11. The maximum Gasteiger partial charge on any atom is 0.247 e. The molecule has 0 spiro atoms. The van der Waals surface area contributed by atoms with Crippen LogP contribution >= 0.6 is 11.8 Å². The first kappa shape index (κ1) is 21.9. The minimum absolute atomic E-state index is 0.113. The lowest BCUT2D eigenvalue weighted by Crippen LogP contribution is -2.26. The molecule has 0 aliphatic rings. The van der Waals surface area contributed by atoms with Gasteiger partial charge in [-0.3, -0.25) is 9.78 Å². The van der Waals surface area contributed by atoms with Crippen LogP contribution in [0.3, 0.4) is 0 Å². The summed E-state index contributed by atoms with van der Waals surface area (Å²) in [6.45, 7) is 4.09. The lowest BCUT2D eigenvalue weighted by atomic mass is 10.2. The molecule has 0 saturated heterocycles.